The monoisotopic (exact) mass is 724 g/mol. The lowest BCUT2D eigenvalue weighted by Crippen LogP contribution is -2.68. The number of carbonyl (C=O) groups excluding carboxylic acids is 2. The summed E-state index contributed by atoms with van der Waals surface area (Å²) in [6.45, 7) is 9.05. The lowest BCUT2D eigenvalue weighted by atomic mass is 9.89. The highest BCUT2D eigenvalue weighted by Gasteiger charge is 2.54. The van der Waals surface area contributed by atoms with Crippen molar-refractivity contribution in [3.8, 4) is 0 Å². The Hall–Kier alpha value is -2.98. The molecule has 5 atom stereocenters. The summed E-state index contributed by atoms with van der Waals surface area (Å²) in [5, 5.41) is 1.87. The van der Waals surface area contributed by atoms with E-state index in [-0.39, 0.29) is 35.6 Å². The van der Waals surface area contributed by atoms with Crippen molar-refractivity contribution >= 4 is 30.4 Å². The van der Waals surface area contributed by atoms with Gasteiger partial charge in [-0.05, 0) is 66.4 Å². The Morgan fingerprint density at radius 3 is 2.24 bits per heavy atom. The second-order valence-corrected chi connectivity index (χ2v) is 19.2. The molecule has 1 saturated heterocycles. The third-order valence-corrected chi connectivity index (χ3v) is 15.3. The van der Waals surface area contributed by atoms with Gasteiger partial charge < -0.3 is 18.6 Å². The number of benzene rings is 2. The summed E-state index contributed by atoms with van der Waals surface area (Å²) in [7, 11) is -1.67. The maximum absolute atomic E-state index is 16.1. The molecule has 2 unspecified atom stereocenters. The SMILES string of the molecule is CCCCC(OC1CCCCO1)C(F)(F)C=C[C@H]1C(=O)C[C@H](O[Si](c2ccccc2)(c2ccccc2)C(C)(C)C)[C@@H]1CC=CCCCC(=O)OC. The van der Waals surface area contributed by atoms with Crippen LogP contribution in [0.4, 0.5) is 8.78 Å². The number of allylic oxidation sites excluding steroid dienone is 3. The van der Waals surface area contributed by atoms with Crippen LogP contribution in [0.2, 0.25) is 5.04 Å². The van der Waals surface area contributed by atoms with Crippen LogP contribution in [0.1, 0.15) is 98.3 Å². The molecule has 1 saturated carbocycles. The molecule has 2 fully saturated rings. The van der Waals surface area contributed by atoms with Gasteiger partial charge in [-0.2, -0.15) is 8.78 Å². The molecule has 0 spiro atoms. The minimum atomic E-state index is -3.29. The first kappa shape index (κ1) is 40.8. The van der Waals surface area contributed by atoms with Crippen molar-refractivity contribution in [1.29, 1.82) is 0 Å². The molecular weight excluding hydrogens is 667 g/mol. The van der Waals surface area contributed by atoms with E-state index >= 15 is 8.78 Å². The van der Waals surface area contributed by atoms with E-state index in [2.05, 4.69) is 45.0 Å². The highest BCUT2D eigenvalue weighted by atomic mass is 28.4. The highest BCUT2D eigenvalue weighted by Crippen LogP contribution is 2.43. The van der Waals surface area contributed by atoms with Gasteiger partial charge >= 0.3 is 5.97 Å². The Morgan fingerprint density at radius 1 is 1.00 bits per heavy atom. The Labute approximate surface area is 305 Å². The first-order valence-corrected chi connectivity index (χ1v) is 20.7. The first-order chi connectivity index (χ1) is 24.4. The fraction of sp³-hybridized carbons (Fsp3) is 0.571. The third kappa shape index (κ3) is 10.8. The smallest absolute Gasteiger partial charge is 0.305 e. The van der Waals surface area contributed by atoms with Crippen molar-refractivity contribution in [2.75, 3.05) is 13.7 Å². The molecule has 2 aliphatic rings. The number of ketones is 1. The largest absolute Gasteiger partial charge is 0.469 e. The number of Topliss-reactive ketones (excluding diaryl/α,β-unsaturated/α-hetero) is 1. The van der Waals surface area contributed by atoms with E-state index in [4.69, 9.17) is 18.6 Å². The molecule has 0 amide bonds. The zero-order valence-electron chi connectivity index (χ0n) is 31.2. The molecule has 9 heteroatoms. The van der Waals surface area contributed by atoms with Gasteiger partial charge in [0.2, 0.25) is 0 Å². The summed E-state index contributed by atoms with van der Waals surface area (Å²) in [4.78, 5) is 25.5. The number of rotatable bonds is 18. The van der Waals surface area contributed by atoms with Crippen molar-refractivity contribution in [2.45, 2.75) is 128 Å². The maximum atomic E-state index is 16.1. The van der Waals surface area contributed by atoms with Crippen LogP contribution in [0.5, 0.6) is 0 Å². The molecule has 2 aromatic rings. The predicted molar refractivity (Wildman–Crippen MR) is 201 cm³/mol. The summed E-state index contributed by atoms with van der Waals surface area (Å²) < 4.78 is 55.9. The number of unbranched alkanes of at least 4 members (excludes halogenated alkanes) is 2. The number of esters is 1. The van der Waals surface area contributed by atoms with Crippen LogP contribution < -0.4 is 10.4 Å². The molecule has 1 aliphatic carbocycles. The zero-order chi connectivity index (χ0) is 36.9. The van der Waals surface area contributed by atoms with Gasteiger partial charge in [-0.25, -0.2) is 0 Å². The molecule has 0 N–H and O–H groups in total. The Morgan fingerprint density at radius 2 is 1.67 bits per heavy atom. The van der Waals surface area contributed by atoms with Gasteiger partial charge in [0, 0.05) is 31.3 Å². The van der Waals surface area contributed by atoms with Gasteiger partial charge in [-0.15, -0.1) is 0 Å². The van der Waals surface area contributed by atoms with Crippen molar-refractivity contribution in [3.05, 3.63) is 85.0 Å². The summed E-state index contributed by atoms with van der Waals surface area (Å²) in [6.07, 6.45) is 10.0. The van der Waals surface area contributed by atoms with Gasteiger partial charge in [-0.3, -0.25) is 9.59 Å². The number of carbonyl (C=O) groups is 2. The number of alkyl halides is 2. The van der Waals surface area contributed by atoms with Crippen LogP contribution in [0.3, 0.4) is 0 Å². The van der Waals surface area contributed by atoms with Crippen LogP contribution in [0.15, 0.2) is 85.0 Å². The fourth-order valence-corrected chi connectivity index (χ4v) is 12.2. The molecule has 280 valence electrons. The molecular formula is C42H58F2O6Si. The second kappa shape index (κ2) is 19.2. The normalized spacial score (nSPS) is 22.5. The number of hydrogen-bond donors (Lipinski definition) is 0. The highest BCUT2D eigenvalue weighted by molar-refractivity contribution is 6.99. The molecule has 6 nitrogen and oxygen atoms in total. The Bertz CT molecular complexity index is 1380. The molecule has 1 heterocycles. The first-order valence-electron chi connectivity index (χ1n) is 18.8. The maximum Gasteiger partial charge on any atom is 0.305 e. The Balaban J connectivity index is 1.68. The lowest BCUT2D eigenvalue weighted by molar-refractivity contribution is -0.229. The molecule has 4 rings (SSSR count). The van der Waals surface area contributed by atoms with Crippen molar-refractivity contribution in [1.82, 2.24) is 0 Å². The average Bonchev–Trinajstić information content (AvgIpc) is 3.42. The van der Waals surface area contributed by atoms with Gasteiger partial charge in [0.05, 0.1) is 13.2 Å². The van der Waals surface area contributed by atoms with E-state index in [1.807, 2.05) is 55.5 Å². The van der Waals surface area contributed by atoms with Crippen LogP contribution in [-0.2, 0) is 28.2 Å². The molecule has 0 aromatic heterocycles. The van der Waals surface area contributed by atoms with E-state index in [1.54, 1.807) is 0 Å². The molecule has 0 radical (unpaired) electrons. The summed E-state index contributed by atoms with van der Waals surface area (Å²) in [5.74, 6) is -4.76. The summed E-state index contributed by atoms with van der Waals surface area (Å²) in [5.41, 5.74) is 0. The van der Waals surface area contributed by atoms with Crippen LogP contribution >= 0.6 is 0 Å². The lowest BCUT2D eigenvalue weighted by Gasteiger charge is -2.45. The van der Waals surface area contributed by atoms with Crippen LogP contribution in [0.25, 0.3) is 0 Å². The van der Waals surface area contributed by atoms with Crippen LogP contribution in [-0.4, -0.2) is 58.2 Å². The molecule has 51 heavy (non-hydrogen) atoms. The van der Waals surface area contributed by atoms with Gasteiger partial charge in [0.25, 0.3) is 14.2 Å². The average molecular weight is 725 g/mol. The number of halogens is 2. The van der Waals surface area contributed by atoms with Gasteiger partial charge in [-0.1, -0.05) is 119 Å². The molecule has 0 bridgehead atoms. The quantitative estimate of drug-likeness (QED) is 0.0663. The minimum Gasteiger partial charge on any atom is -0.469 e. The fourth-order valence-electron chi connectivity index (χ4n) is 7.47. The van der Waals surface area contributed by atoms with E-state index in [9.17, 15) is 9.59 Å². The van der Waals surface area contributed by atoms with Crippen molar-refractivity contribution in [2.24, 2.45) is 11.8 Å². The van der Waals surface area contributed by atoms with E-state index in [0.717, 1.165) is 35.7 Å². The number of hydrogen-bond acceptors (Lipinski definition) is 6. The van der Waals surface area contributed by atoms with Crippen molar-refractivity contribution in [3.63, 3.8) is 0 Å². The molecule has 2 aromatic carbocycles. The number of methoxy groups -OCH3 is 1. The minimum absolute atomic E-state index is 0.101. The molecule has 1 aliphatic heterocycles. The summed E-state index contributed by atoms with van der Waals surface area (Å²) >= 11 is 0. The standard InChI is InChI=1S/C42H58F2O6Si/c1-6-7-25-38(49-40-27-18-19-30-48-40)42(43,44)29-28-34-35(24-16-8-9-17-26-39(46)47-5)37(31-36(34)45)50-51(41(2,3)4,32-20-12-10-13-21-32)33-22-14-11-15-23-33/h8,10-16,20-23,28-29,34-35,37-38,40H,6-7,9,17-19,24-27,30-31H2,1-5H3/t34-,35-,37+,38?,40?/m1/s1. The topological polar surface area (TPSA) is 71.1 Å². The zero-order valence-corrected chi connectivity index (χ0v) is 32.2. The summed E-state index contributed by atoms with van der Waals surface area (Å²) in [6, 6.07) is 20.5. The van der Waals surface area contributed by atoms with Gasteiger partial charge in [0.15, 0.2) is 6.29 Å². The number of ether oxygens (including phenoxy) is 3. The van der Waals surface area contributed by atoms with E-state index in [1.165, 1.54) is 13.2 Å². The third-order valence-electron chi connectivity index (χ3n) is 10.2. The van der Waals surface area contributed by atoms with Crippen LogP contribution in [0, 0.1) is 11.8 Å². The second-order valence-electron chi connectivity index (χ2n) is 15.0. The van der Waals surface area contributed by atoms with E-state index < -0.39 is 38.7 Å². The Kier molecular flexibility index (Phi) is 15.4. The van der Waals surface area contributed by atoms with Crippen molar-refractivity contribution < 1.29 is 37.0 Å². The van der Waals surface area contributed by atoms with Gasteiger partial charge in [0.1, 0.15) is 11.9 Å². The van der Waals surface area contributed by atoms with E-state index in [0.29, 0.717) is 45.1 Å². The predicted octanol–water partition coefficient (Wildman–Crippen LogP) is 8.72.